The standard InChI is InChI=1S/C26H34O8/c1-20-18-21-4-2-6-23(25(21)27)33-16-14-31-12-10-29-8-9-30-11-13-32-15-17-34-24-7-3-5-22(19-20)26(24)28/h2-7,27-28H,1,8-19H2. The Bertz CT molecular complexity index is 827. The molecule has 0 aromatic heterocycles. The fourth-order valence-corrected chi connectivity index (χ4v) is 3.44. The largest absolute Gasteiger partial charge is 0.504 e. The molecule has 0 atom stereocenters. The summed E-state index contributed by atoms with van der Waals surface area (Å²) >= 11 is 0. The van der Waals surface area contributed by atoms with Crippen LogP contribution in [0.1, 0.15) is 11.1 Å². The lowest BCUT2D eigenvalue weighted by atomic mass is 9.98. The van der Waals surface area contributed by atoms with Gasteiger partial charge in [-0.15, -0.1) is 0 Å². The maximum absolute atomic E-state index is 10.6. The van der Waals surface area contributed by atoms with Crippen molar-refractivity contribution in [2.75, 3.05) is 66.1 Å². The van der Waals surface area contributed by atoms with Gasteiger partial charge in [-0.1, -0.05) is 36.4 Å². The van der Waals surface area contributed by atoms with E-state index in [-0.39, 0.29) is 11.5 Å². The van der Waals surface area contributed by atoms with Crippen LogP contribution in [0.5, 0.6) is 23.0 Å². The highest BCUT2D eigenvalue weighted by molar-refractivity contribution is 5.49. The van der Waals surface area contributed by atoms with Crippen LogP contribution in [0, 0.1) is 0 Å². The molecule has 3 rings (SSSR count). The van der Waals surface area contributed by atoms with Gasteiger partial charge in [-0.05, 0) is 25.0 Å². The Morgan fingerprint density at radius 1 is 0.529 bits per heavy atom. The predicted octanol–water partition coefficient (Wildman–Crippen LogP) is 3.28. The van der Waals surface area contributed by atoms with Gasteiger partial charge in [0.25, 0.3) is 0 Å². The second-order valence-corrected chi connectivity index (χ2v) is 7.78. The third-order valence-corrected chi connectivity index (χ3v) is 5.13. The maximum Gasteiger partial charge on any atom is 0.161 e. The quantitative estimate of drug-likeness (QED) is 0.562. The summed E-state index contributed by atoms with van der Waals surface area (Å²) in [7, 11) is 0. The van der Waals surface area contributed by atoms with E-state index >= 15 is 0 Å². The highest BCUT2D eigenvalue weighted by Gasteiger charge is 2.13. The average Bonchev–Trinajstić information content (AvgIpc) is 2.82. The Balaban J connectivity index is 1.63. The molecule has 0 saturated carbocycles. The van der Waals surface area contributed by atoms with Crippen LogP contribution in [0.3, 0.4) is 0 Å². The number of aromatic hydroxyl groups is 2. The van der Waals surface area contributed by atoms with E-state index in [1.165, 1.54) is 0 Å². The number of para-hydroxylation sites is 2. The number of hydrogen-bond acceptors (Lipinski definition) is 8. The Morgan fingerprint density at radius 3 is 1.26 bits per heavy atom. The van der Waals surface area contributed by atoms with Crippen LogP contribution in [0.2, 0.25) is 0 Å². The molecular formula is C26H34O8. The van der Waals surface area contributed by atoms with Crippen molar-refractivity contribution in [3.05, 3.63) is 59.7 Å². The number of phenols is 2. The van der Waals surface area contributed by atoms with Gasteiger partial charge < -0.3 is 38.6 Å². The van der Waals surface area contributed by atoms with E-state index in [2.05, 4.69) is 6.58 Å². The summed E-state index contributed by atoms with van der Waals surface area (Å²) in [6.45, 7) is 8.29. The van der Waals surface area contributed by atoms with Gasteiger partial charge in [-0.2, -0.15) is 0 Å². The van der Waals surface area contributed by atoms with Crippen LogP contribution in [0.25, 0.3) is 0 Å². The zero-order chi connectivity index (χ0) is 24.0. The lowest BCUT2D eigenvalue weighted by molar-refractivity contribution is -0.00709. The second-order valence-electron chi connectivity index (χ2n) is 7.78. The van der Waals surface area contributed by atoms with Gasteiger partial charge in [0.2, 0.25) is 0 Å². The van der Waals surface area contributed by atoms with Crippen molar-refractivity contribution in [3.8, 4) is 23.0 Å². The molecule has 2 N–H and O–H groups in total. The molecular weight excluding hydrogens is 440 g/mol. The fourth-order valence-electron chi connectivity index (χ4n) is 3.44. The Kier molecular flexibility index (Phi) is 11.0. The minimum absolute atomic E-state index is 0.0822. The molecule has 0 radical (unpaired) electrons. The van der Waals surface area contributed by atoms with E-state index in [0.717, 1.165) is 5.57 Å². The summed E-state index contributed by atoms with van der Waals surface area (Å²) in [6.07, 6.45) is 0.884. The zero-order valence-electron chi connectivity index (χ0n) is 19.5. The summed E-state index contributed by atoms with van der Waals surface area (Å²) in [5, 5.41) is 21.3. The molecule has 0 saturated heterocycles. The first-order valence-electron chi connectivity index (χ1n) is 11.5. The fraction of sp³-hybridized carbons (Fsp3) is 0.462. The number of allylic oxidation sites excluding steroid dienone is 1. The molecule has 2 aromatic rings. The number of ether oxygens (including phenoxy) is 6. The van der Waals surface area contributed by atoms with Crippen molar-refractivity contribution in [1.82, 2.24) is 0 Å². The van der Waals surface area contributed by atoms with E-state index in [1.807, 2.05) is 24.3 Å². The highest BCUT2D eigenvalue weighted by Crippen LogP contribution is 2.34. The van der Waals surface area contributed by atoms with Crippen molar-refractivity contribution < 1.29 is 38.6 Å². The van der Waals surface area contributed by atoms with Crippen molar-refractivity contribution >= 4 is 0 Å². The normalized spacial score (nSPS) is 18.1. The van der Waals surface area contributed by atoms with Crippen molar-refractivity contribution in [2.45, 2.75) is 12.8 Å². The molecule has 0 fully saturated rings. The minimum Gasteiger partial charge on any atom is -0.504 e. The van der Waals surface area contributed by atoms with Gasteiger partial charge in [0, 0.05) is 11.1 Å². The molecule has 8 nitrogen and oxygen atoms in total. The van der Waals surface area contributed by atoms with Gasteiger partial charge in [0.05, 0.1) is 52.9 Å². The third-order valence-electron chi connectivity index (χ3n) is 5.13. The van der Waals surface area contributed by atoms with Crippen LogP contribution in [-0.4, -0.2) is 76.3 Å². The van der Waals surface area contributed by atoms with Crippen LogP contribution in [-0.2, 0) is 31.8 Å². The van der Waals surface area contributed by atoms with E-state index in [4.69, 9.17) is 28.4 Å². The second kappa shape index (κ2) is 14.5. The Hall–Kier alpha value is -2.78. The molecule has 0 amide bonds. The Labute approximate surface area is 200 Å². The lowest BCUT2D eigenvalue weighted by Crippen LogP contribution is -2.14. The van der Waals surface area contributed by atoms with Crippen molar-refractivity contribution in [2.24, 2.45) is 0 Å². The summed E-state index contributed by atoms with van der Waals surface area (Å²) in [6, 6.07) is 10.7. The number of phenolic OH excluding ortho intramolecular Hbond substituents is 2. The summed E-state index contributed by atoms with van der Waals surface area (Å²) < 4.78 is 33.3. The number of fused-ring (bicyclic) bond motifs is 4. The molecule has 8 heteroatoms. The SMILES string of the molecule is C=C1Cc2cccc(c2O)OCCOCCOCCOCCOCCOc2cccc(c2O)C1. The first-order valence-corrected chi connectivity index (χ1v) is 11.5. The third kappa shape index (κ3) is 8.53. The molecule has 186 valence electrons. The molecule has 1 aliphatic heterocycles. The van der Waals surface area contributed by atoms with E-state index in [1.54, 1.807) is 12.1 Å². The molecule has 0 unspecified atom stereocenters. The van der Waals surface area contributed by atoms with Gasteiger partial charge in [-0.3, -0.25) is 0 Å². The van der Waals surface area contributed by atoms with E-state index in [0.29, 0.717) is 102 Å². The minimum atomic E-state index is 0.0822. The van der Waals surface area contributed by atoms with Gasteiger partial charge in [-0.25, -0.2) is 0 Å². The molecule has 4 bridgehead atoms. The lowest BCUT2D eigenvalue weighted by Gasteiger charge is -2.14. The van der Waals surface area contributed by atoms with Crippen LogP contribution in [0.15, 0.2) is 48.6 Å². The van der Waals surface area contributed by atoms with Gasteiger partial charge >= 0.3 is 0 Å². The highest BCUT2D eigenvalue weighted by atomic mass is 16.6. The first kappa shape index (κ1) is 25.8. The number of hydrogen-bond donors (Lipinski definition) is 2. The monoisotopic (exact) mass is 474 g/mol. The van der Waals surface area contributed by atoms with Gasteiger partial charge in [0.1, 0.15) is 13.2 Å². The smallest absolute Gasteiger partial charge is 0.161 e. The van der Waals surface area contributed by atoms with E-state index in [9.17, 15) is 10.2 Å². The van der Waals surface area contributed by atoms with E-state index < -0.39 is 0 Å². The summed E-state index contributed by atoms with van der Waals surface area (Å²) in [5.41, 5.74) is 2.24. The number of benzene rings is 2. The van der Waals surface area contributed by atoms with Crippen LogP contribution in [0.4, 0.5) is 0 Å². The predicted molar refractivity (Wildman–Crippen MR) is 127 cm³/mol. The molecule has 0 spiro atoms. The summed E-state index contributed by atoms with van der Waals surface area (Å²) in [4.78, 5) is 0. The maximum atomic E-state index is 10.6. The molecule has 2 aromatic carbocycles. The van der Waals surface area contributed by atoms with Crippen LogP contribution < -0.4 is 9.47 Å². The first-order chi connectivity index (χ1) is 16.6. The average molecular weight is 475 g/mol. The summed E-state index contributed by atoms with van der Waals surface area (Å²) in [5.74, 6) is 0.958. The molecule has 0 aliphatic carbocycles. The van der Waals surface area contributed by atoms with Crippen molar-refractivity contribution in [3.63, 3.8) is 0 Å². The number of rotatable bonds is 0. The van der Waals surface area contributed by atoms with Gasteiger partial charge in [0.15, 0.2) is 23.0 Å². The van der Waals surface area contributed by atoms with Crippen molar-refractivity contribution in [1.29, 1.82) is 0 Å². The molecule has 1 aliphatic rings. The zero-order valence-corrected chi connectivity index (χ0v) is 19.5. The van der Waals surface area contributed by atoms with Crippen LogP contribution >= 0.6 is 0 Å². The Morgan fingerprint density at radius 2 is 0.882 bits per heavy atom. The molecule has 1 heterocycles. The molecule has 34 heavy (non-hydrogen) atoms. The topological polar surface area (TPSA) is 95.8 Å².